The zero-order chi connectivity index (χ0) is 19.4. The number of carbonyl (C=O) groups excluding carboxylic acids is 2. The number of hydrogen-bond donors (Lipinski definition) is 2. The van der Waals surface area contributed by atoms with Crippen LogP contribution in [-0.2, 0) is 9.59 Å². The maximum Gasteiger partial charge on any atom is 0.246 e. The Bertz CT molecular complexity index is 856. The van der Waals surface area contributed by atoms with Crippen LogP contribution in [0.15, 0.2) is 42.5 Å². The second-order valence-electron chi connectivity index (χ2n) is 6.40. The summed E-state index contributed by atoms with van der Waals surface area (Å²) in [5.74, 6) is -0.0617. The molecule has 2 amide bonds. The summed E-state index contributed by atoms with van der Waals surface area (Å²) < 4.78 is 18.7. The highest BCUT2D eigenvalue weighted by Crippen LogP contribution is 2.34. The molecular weight excluding hydrogens is 349 g/mol. The lowest BCUT2D eigenvalue weighted by atomic mass is 10.2. The minimum Gasteiger partial charge on any atom is -0.494 e. The van der Waals surface area contributed by atoms with E-state index < -0.39 is 11.9 Å². The van der Waals surface area contributed by atoms with E-state index in [4.69, 9.17) is 4.74 Å². The first-order valence-electron chi connectivity index (χ1n) is 8.79. The fourth-order valence-electron chi connectivity index (χ4n) is 3.03. The quantitative estimate of drug-likeness (QED) is 0.817. The van der Waals surface area contributed by atoms with Gasteiger partial charge in [0.05, 0.1) is 12.8 Å². The summed E-state index contributed by atoms with van der Waals surface area (Å²) in [4.78, 5) is 26.0. The first-order valence-corrected chi connectivity index (χ1v) is 8.79. The zero-order valence-electron chi connectivity index (χ0n) is 15.3. The fraction of sp³-hybridized carbons (Fsp3) is 0.300. The molecule has 1 heterocycles. The molecule has 2 aromatic carbocycles. The summed E-state index contributed by atoms with van der Waals surface area (Å²) in [6, 6.07) is 10.5. The number of benzene rings is 2. The normalized spacial score (nSPS) is 14.8. The average Bonchev–Trinajstić information content (AvgIpc) is 3.07. The summed E-state index contributed by atoms with van der Waals surface area (Å²) in [6.45, 7) is 2.38. The van der Waals surface area contributed by atoms with Crippen LogP contribution in [0.4, 0.5) is 21.5 Å². The highest BCUT2D eigenvalue weighted by Gasteiger charge is 2.24. The van der Waals surface area contributed by atoms with Crippen LogP contribution in [-0.4, -0.2) is 31.5 Å². The molecular formula is C20H22FN3O3. The Labute approximate surface area is 157 Å². The van der Waals surface area contributed by atoms with Crippen molar-refractivity contribution in [1.29, 1.82) is 0 Å². The van der Waals surface area contributed by atoms with Crippen molar-refractivity contribution in [2.24, 2.45) is 0 Å². The van der Waals surface area contributed by atoms with Crippen LogP contribution in [0, 0.1) is 5.82 Å². The topological polar surface area (TPSA) is 70.7 Å². The van der Waals surface area contributed by atoms with Gasteiger partial charge >= 0.3 is 0 Å². The maximum absolute atomic E-state index is 13.2. The Balaban J connectivity index is 1.69. The summed E-state index contributed by atoms with van der Waals surface area (Å²) in [7, 11) is 1.54. The van der Waals surface area contributed by atoms with Crippen molar-refractivity contribution in [3.05, 3.63) is 48.3 Å². The molecule has 1 saturated heterocycles. The van der Waals surface area contributed by atoms with Crippen molar-refractivity contribution in [3.8, 4) is 5.75 Å². The molecule has 2 N–H and O–H groups in total. The van der Waals surface area contributed by atoms with Gasteiger partial charge < -0.3 is 20.3 Å². The Morgan fingerprint density at radius 3 is 2.70 bits per heavy atom. The molecule has 1 aliphatic heterocycles. The van der Waals surface area contributed by atoms with E-state index in [1.54, 1.807) is 37.1 Å². The molecule has 2 aromatic rings. The van der Waals surface area contributed by atoms with E-state index in [0.717, 1.165) is 12.1 Å². The number of nitrogens with one attached hydrogen (secondary N) is 2. The van der Waals surface area contributed by atoms with Gasteiger partial charge in [0.1, 0.15) is 17.6 Å². The third-order valence-electron chi connectivity index (χ3n) is 4.41. The van der Waals surface area contributed by atoms with Crippen molar-refractivity contribution < 1.29 is 18.7 Å². The number of anilines is 3. The molecule has 0 unspecified atom stereocenters. The van der Waals surface area contributed by atoms with Gasteiger partial charge in [0.2, 0.25) is 11.8 Å². The van der Waals surface area contributed by atoms with Gasteiger partial charge in [0.25, 0.3) is 0 Å². The number of rotatable bonds is 6. The van der Waals surface area contributed by atoms with Gasteiger partial charge in [-0.15, -0.1) is 0 Å². The van der Waals surface area contributed by atoms with Crippen molar-refractivity contribution in [3.63, 3.8) is 0 Å². The number of hydrogen-bond acceptors (Lipinski definition) is 4. The van der Waals surface area contributed by atoms with E-state index >= 15 is 0 Å². The summed E-state index contributed by atoms with van der Waals surface area (Å²) in [6.07, 6.45) is 1.37. The molecule has 0 spiro atoms. The van der Waals surface area contributed by atoms with Gasteiger partial charge in [-0.1, -0.05) is 6.07 Å². The van der Waals surface area contributed by atoms with Crippen LogP contribution in [0.5, 0.6) is 5.75 Å². The van der Waals surface area contributed by atoms with E-state index in [0.29, 0.717) is 30.1 Å². The number of ether oxygens (including phenoxy) is 1. The smallest absolute Gasteiger partial charge is 0.246 e. The molecule has 27 heavy (non-hydrogen) atoms. The molecule has 0 aromatic heterocycles. The molecule has 0 aliphatic carbocycles. The third-order valence-corrected chi connectivity index (χ3v) is 4.41. The standard InChI is InChI=1S/C20H22FN3O3/c1-13(20(26)23-15-6-3-5-14(21)11-15)22-16-8-9-17(18(12-16)27-2)24-10-4-7-19(24)25/h3,5-6,8-9,11-13,22H,4,7,10H2,1-2H3,(H,23,26)/t13-/m0/s1. The largest absolute Gasteiger partial charge is 0.494 e. The van der Waals surface area contributed by atoms with E-state index in [1.165, 1.54) is 18.2 Å². The maximum atomic E-state index is 13.2. The lowest BCUT2D eigenvalue weighted by molar-refractivity contribution is -0.117. The Morgan fingerprint density at radius 2 is 2.04 bits per heavy atom. The van der Waals surface area contributed by atoms with E-state index in [1.807, 2.05) is 6.07 Å². The Kier molecular flexibility index (Phi) is 5.59. The van der Waals surface area contributed by atoms with Crippen molar-refractivity contribution in [1.82, 2.24) is 0 Å². The molecule has 1 fully saturated rings. The predicted molar refractivity (Wildman–Crippen MR) is 103 cm³/mol. The van der Waals surface area contributed by atoms with Crippen molar-refractivity contribution >= 4 is 28.9 Å². The molecule has 0 radical (unpaired) electrons. The lowest BCUT2D eigenvalue weighted by Crippen LogP contribution is -2.32. The first kappa shape index (κ1) is 18.7. The molecule has 0 bridgehead atoms. The van der Waals surface area contributed by atoms with Gasteiger partial charge in [-0.2, -0.15) is 0 Å². The van der Waals surface area contributed by atoms with Gasteiger partial charge in [0, 0.05) is 30.4 Å². The second-order valence-corrected chi connectivity index (χ2v) is 6.40. The van der Waals surface area contributed by atoms with E-state index in [-0.39, 0.29) is 11.8 Å². The van der Waals surface area contributed by atoms with Crippen molar-refractivity contribution in [2.45, 2.75) is 25.8 Å². The lowest BCUT2D eigenvalue weighted by Gasteiger charge is -2.21. The minimum absolute atomic E-state index is 0.0804. The highest BCUT2D eigenvalue weighted by molar-refractivity contribution is 5.98. The number of amides is 2. The number of carbonyl (C=O) groups is 2. The monoisotopic (exact) mass is 371 g/mol. The molecule has 6 nitrogen and oxygen atoms in total. The van der Waals surface area contributed by atoms with Gasteiger partial charge in [0.15, 0.2) is 0 Å². The molecule has 142 valence electrons. The summed E-state index contributed by atoms with van der Waals surface area (Å²) in [5.41, 5.74) is 1.81. The fourth-order valence-corrected chi connectivity index (χ4v) is 3.03. The number of nitrogens with zero attached hydrogens (tertiary/aromatic N) is 1. The van der Waals surface area contributed by atoms with E-state index in [9.17, 15) is 14.0 Å². The van der Waals surface area contributed by atoms with Gasteiger partial charge in [-0.05, 0) is 43.7 Å². The van der Waals surface area contributed by atoms with Crippen LogP contribution in [0.25, 0.3) is 0 Å². The van der Waals surface area contributed by atoms with Gasteiger partial charge in [-0.3, -0.25) is 9.59 Å². The van der Waals surface area contributed by atoms with Crippen LogP contribution in [0.1, 0.15) is 19.8 Å². The average molecular weight is 371 g/mol. The number of halogens is 1. The molecule has 7 heteroatoms. The third kappa shape index (κ3) is 4.36. The SMILES string of the molecule is COc1cc(N[C@@H](C)C(=O)Nc2cccc(F)c2)ccc1N1CCCC1=O. The molecule has 1 atom stereocenters. The van der Waals surface area contributed by atoms with Crippen LogP contribution >= 0.6 is 0 Å². The number of methoxy groups -OCH3 is 1. The molecule has 3 rings (SSSR count). The predicted octanol–water partition coefficient (Wildman–Crippen LogP) is 3.40. The van der Waals surface area contributed by atoms with Crippen LogP contribution in [0.2, 0.25) is 0 Å². The van der Waals surface area contributed by atoms with Crippen molar-refractivity contribution in [2.75, 3.05) is 29.2 Å². The summed E-state index contributed by atoms with van der Waals surface area (Å²) in [5, 5.41) is 5.76. The Morgan fingerprint density at radius 1 is 1.22 bits per heavy atom. The first-order chi connectivity index (χ1) is 13.0. The second kappa shape index (κ2) is 8.07. The summed E-state index contributed by atoms with van der Waals surface area (Å²) >= 11 is 0. The van der Waals surface area contributed by atoms with Gasteiger partial charge in [-0.25, -0.2) is 4.39 Å². The zero-order valence-corrected chi connectivity index (χ0v) is 15.3. The minimum atomic E-state index is -0.558. The van der Waals surface area contributed by atoms with Crippen LogP contribution in [0.3, 0.4) is 0 Å². The Hall–Kier alpha value is -3.09. The highest BCUT2D eigenvalue weighted by atomic mass is 19.1. The van der Waals surface area contributed by atoms with Crippen LogP contribution < -0.4 is 20.3 Å². The molecule has 0 saturated carbocycles. The molecule has 1 aliphatic rings. The van der Waals surface area contributed by atoms with E-state index in [2.05, 4.69) is 10.6 Å².